The van der Waals surface area contributed by atoms with Gasteiger partial charge in [-0.15, -0.1) is 0 Å². The lowest BCUT2D eigenvalue weighted by molar-refractivity contribution is -0.151. The van der Waals surface area contributed by atoms with Crippen LogP contribution in [0.3, 0.4) is 0 Å². The highest BCUT2D eigenvalue weighted by Gasteiger charge is 2.11. The molecule has 20 heavy (non-hydrogen) atoms. The predicted molar refractivity (Wildman–Crippen MR) is 72.5 cm³/mol. The van der Waals surface area contributed by atoms with E-state index in [1.807, 2.05) is 0 Å². The molecule has 0 aliphatic rings. The maximum atomic E-state index is 11.6. The molecule has 1 amide bonds. The van der Waals surface area contributed by atoms with Crippen LogP contribution in [0.1, 0.15) is 24.2 Å². The second kappa shape index (κ2) is 8.06. The molecular formula is C14H17NO5. The SMILES string of the molecule is CCOCC(=O)OCC(=O)Nc1ccccc1C(C)=O. The number of ketones is 1. The molecule has 1 aromatic carbocycles. The largest absolute Gasteiger partial charge is 0.454 e. The number of rotatable bonds is 7. The number of amides is 1. The standard InChI is InChI=1S/C14H17NO5/c1-3-19-9-14(18)20-8-13(17)15-12-7-5-4-6-11(12)10(2)16/h4-7H,3,8-9H2,1-2H3,(H,15,17). The van der Waals surface area contributed by atoms with E-state index in [4.69, 9.17) is 9.47 Å². The van der Waals surface area contributed by atoms with Crippen molar-refractivity contribution in [3.05, 3.63) is 29.8 Å². The minimum atomic E-state index is -0.609. The zero-order valence-corrected chi connectivity index (χ0v) is 11.5. The van der Waals surface area contributed by atoms with Crippen LogP contribution >= 0.6 is 0 Å². The summed E-state index contributed by atoms with van der Waals surface area (Å²) in [5.74, 6) is -1.28. The van der Waals surface area contributed by atoms with Crippen molar-refractivity contribution in [2.75, 3.05) is 25.1 Å². The third kappa shape index (κ3) is 5.19. The number of Topliss-reactive ketones (excluding diaryl/α,β-unsaturated/α-hetero) is 1. The molecule has 0 fully saturated rings. The average molecular weight is 279 g/mol. The first-order valence-electron chi connectivity index (χ1n) is 6.17. The quantitative estimate of drug-likeness (QED) is 0.602. The zero-order chi connectivity index (χ0) is 15.0. The van der Waals surface area contributed by atoms with Crippen molar-refractivity contribution in [2.24, 2.45) is 0 Å². The fourth-order valence-electron chi connectivity index (χ4n) is 1.46. The highest BCUT2D eigenvalue weighted by Crippen LogP contribution is 2.15. The molecule has 1 rings (SSSR count). The molecule has 1 aromatic rings. The van der Waals surface area contributed by atoms with Gasteiger partial charge >= 0.3 is 5.97 Å². The first-order chi connectivity index (χ1) is 9.54. The Morgan fingerprint density at radius 1 is 1.15 bits per heavy atom. The smallest absolute Gasteiger partial charge is 0.332 e. The number of hydrogen-bond acceptors (Lipinski definition) is 5. The molecule has 0 saturated heterocycles. The minimum Gasteiger partial charge on any atom is -0.454 e. The van der Waals surface area contributed by atoms with Gasteiger partial charge < -0.3 is 14.8 Å². The number of benzene rings is 1. The number of para-hydroxylation sites is 1. The average Bonchev–Trinajstić information content (AvgIpc) is 2.43. The molecular weight excluding hydrogens is 262 g/mol. The summed E-state index contributed by atoms with van der Waals surface area (Å²) >= 11 is 0. The lowest BCUT2D eigenvalue weighted by Gasteiger charge is -2.09. The van der Waals surface area contributed by atoms with Gasteiger partial charge in [-0.25, -0.2) is 4.79 Å². The number of anilines is 1. The number of carbonyl (C=O) groups excluding carboxylic acids is 3. The first kappa shape index (κ1) is 15.8. The second-order valence-electron chi connectivity index (χ2n) is 3.95. The van der Waals surface area contributed by atoms with E-state index >= 15 is 0 Å². The maximum Gasteiger partial charge on any atom is 0.332 e. The second-order valence-corrected chi connectivity index (χ2v) is 3.95. The summed E-state index contributed by atoms with van der Waals surface area (Å²) in [5.41, 5.74) is 0.798. The normalized spacial score (nSPS) is 9.90. The molecule has 0 unspecified atom stereocenters. The molecule has 1 N–H and O–H groups in total. The predicted octanol–water partition coefficient (Wildman–Crippen LogP) is 1.41. The van der Waals surface area contributed by atoms with Crippen LogP contribution in [-0.2, 0) is 19.1 Å². The van der Waals surface area contributed by atoms with Crippen molar-refractivity contribution in [1.82, 2.24) is 0 Å². The van der Waals surface area contributed by atoms with Crippen molar-refractivity contribution in [3.8, 4) is 0 Å². The Morgan fingerprint density at radius 2 is 1.85 bits per heavy atom. The highest BCUT2D eigenvalue weighted by atomic mass is 16.6. The van der Waals surface area contributed by atoms with Crippen LogP contribution in [0.15, 0.2) is 24.3 Å². The van der Waals surface area contributed by atoms with Gasteiger partial charge in [-0.05, 0) is 26.0 Å². The Labute approximate surface area is 117 Å². The molecule has 0 saturated carbocycles. The summed E-state index contributed by atoms with van der Waals surface area (Å²) in [7, 11) is 0. The third-order valence-electron chi connectivity index (χ3n) is 2.37. The van der Waals surface area contributed by atoms with Gasteiger partial charge in [0, 0.05) is 12.2 Å². The van der Waals surface area contributed by atoms with E-state index in [2.05, 4.69) is 5.32 Å². The molecule has 0 atom stereocenters. The van der Waals surface area contributed by atoms with Crippen LogP contribution in [-0.4, -0.2) is 37.5 Å². The van der Waals surface area contributed by atoms with Crippen LogP contribution < -0.4 is 5.32 Å². The Balaban J connectivity index is 2.51. The lowest BCUT2D eigenvalue weighted by atomic mass is 10.1. The van der Waals surface area contributed by atoms with Gasteiger partial charge in [-0.2, -0.15) is 0 Å². The molecule has 6 heteroatoms. The number of ether oxygens (including phenoxy) is 2. The first-order valence-corrected chi connectivity index (χ1v) is 6.17. The topological polar surface area (TPSA) is 81.7 Å². The number of hydrogen-bond donors (Lipinski definition) is 1. The lowest BCUT2D eigenvalue weighted by Crippen LogP contribution is -2.23. The third-order valence-corrected chi connectivity index (χ3v) is 2.37. The molecule has 0 bridgehead atoms. The van der Waals surface area contributed by atoms with Crippen molar-refractivity contribution in [2.45, 2.75) is 13.8 Å². The van der Waals surface area contributed by atoms with Crippen molar-refractivity contribution in [1.29, 1.82) is 0 Å². The molecule has 6 nitrogen and oxygen atoms in total. The van der Waals surface area contributed by atoms with E-state index in [-0.39, 0.29) is 12.4 Å². The van der Waals surface area contributed by atoms with E-state index in [1.54, 1.807) is 31.2 Å². The van der Waals surface area contributed by atoms with Crippen molar-refractivity contribution in [3.63, 3.8) is 0 Å². The fraction of sp³-hybridized carbons (Fsp3) is 0.357. The molecule has 108 valence electrons. The molecule has 0 heterocycles. The monoisotopic (exact) mass is 279 g/mol. The van der Waals surface area contributed by atoms with Gasteiger partial charge in [0.05, 0.1) is 5.69 Å². The van der Waals surface area contributed by atoms with Crippen LogP contribution in [0, 0.1) is 0 Å². The van der Waals surface area contributed by atoms with Crippen LogP contribution in [0.25, 0.3) is 0 Å². The summed E-state index contributed by atoms with van der Waals surface area (Å²) in [6.07, 6.45) is 0. The maximum absolute atomic E-state index is 11.6. The Morgan fingerprint density at radius 3 is 2.50 bits per heavy atom. The van der Waals surface area contributed by atoms with E-state index in [1.165, 1.54) is 6.92 Å². The summed E-state index contributed by atoms with van der Waals surface area (Å²) in [5, 5.41) is 2.53. The molecule has 0 radical (unpaired) electrons. The van der Waals surface area contributed by atoms with Crippen LogP contribution in [0.2, 0.25) is 0 Å². The Kier molecular flexibility index (Phi) is 6.39. The summed E-state index contributed by atoms with van der Waals surface area (Å²) in [6.45, 7) is 2.95. The van der Waals surface area contributed by atoms with Gasteiger partial charge in [0.15, 0.2) is 12.4 Å². The minimum absolute atomic E-state index is 0.158. The van der Waals surface area contributed by atoms with Crippen molar-refractivity contribution < 1.29 is 23.9 Å². The Bertz CT molecular complexity index is 498. The van der Waals surface area contributed by atoms with Gasteiger partial charge in [0.2, 0.25) is 0 Å². The van der Waals surface area contributed by atoms with Gasteiger partial charge in [0.25, 0.3) is 5.91 Å². The molecule has 0 aliphatic heterocycles. The summed E-state index contributed by atoms with van der Waals surface area (Å²) < 4.78 is 9.56. The number of nitrogens with one attached hydrogen (secondary N) is 1. The van der Waals surface area contributed by atoms with E-state index in [9.17, 15) is 14.4 Å². The van der Waals surface area contributed by atoms with Crippen LogP contribution in [0.4, 0.5) is 5.69 Å². The fourth-order valence-corrected chi connectivity index (χ4v) is 1.46. The molecule has 0 aromatic heterocycles. The van der Waals surface area contributed by atoms with Crippen molar-refractivity contribution >= 4 is 23.3 Å². The number of carbonyl (C=O) groups is 3. The summed E-state index contributed by atoms with van der Waals surface area (Å²) in [4.78, 5) is 34.2. The van der Waals surface area contributed by atoms with E-state index in [0.29, 0.717) is 17.9 Å². The zero-order valence-electron chi connectivity index (χ0n) is 11.5. The highest BCUT2D eigenvalue weighted by molar-refractivity contribution is 6.04. The number of esters is 1. The summed E-state index contributed by atoms with van der Waals surface area (Å²) in [6, 6.07) is 6.62. The van der Waals surface area contributed by atoms with Gasteiger partial charge in [0.1, 0.15) is 6.61 Å². The van der Waals surface area contributed by atoms with E-state index in [0.717, 1.165) is 0 Å². The van der Waals surface area contributed by atoms with Crippen LogP contribution in [0.5, 0.6) is 0 Å². The Hall–Kier alpha value is -2.21. The van der Waals surface area contributed by atoms with Gasteiger partial charge in [-0.3, -0.25) is 9.59 Å². The molecule has 0 spiro atoms. The van der Waals surface area contributed by atoms with Gasteiger partial charge in [-0.1, -0.05) is 12.1 Å². The molecule has 0 aliphatic carbocycles. The van der Waals surface area contributed by atoms with E-state index < -0.39 is 18.5 Å².